The Bertz CT molecular complexity index is 133. The van der Waals surface area contributed by atoms with E-state index >= 15 is 0 Å². The molecule has 60 valence electrons. The van der Waals surface area contributed by atoms with E-state index in [9.17, 15) is 0 Å². The molecule has 1 saturated carbocycles. The Balaban J connectivity index is 2.30. The van der Waals surface area contributed by atoms with E-state index in [2.05, 4.69) is 54.7 Å². The zero-order valence-corrected chi connectivity index (χ0v) is 10.7. The monoisotopic (exact) mass is 332 g/mol. The van der Waals surface area contributed by atoms with Crippen molar-refractivity contribution in [3.63, 3.8) is 0 Å². The van der Waals surface area contributed by atoms with Crippen LogP contribution in [-0.2, 0) is 0 Å². The van der Waals surface area contributed by atoms with Gasteiger partial charge in [0, 0.05) is 0 Å². The van der Waals surface area contributed by atoms with Crippen LogP contribution < -0.4 is 0 Å². The third-order valence-corrected chi connectivity index (χ3v) is 6.46. The summed E-state index contributed by atoms with van der Waals surface area (Å²) in [5.74, 6) is 0. The molecule has 0 N–H and O–H groups in total. The van der Waals surface area contributed by atoms with Gasteiger partial charge in [-0.1, -0.05) is 67.6 Å². The van der Waals surface area contributed by atoms with Gasteiger partial charge in [0.15, 0.2) is 0 Å². The van der Waals surface area contributed by atoms with E-state index in [1.54, 1.807) is 0 Å². The van der Waals surface area contributed by atoms with Crippen molar-refractivity contribution in [1.82, 2.24) is 0 Å². The van der Waals surface area contributed by atoms with Gasteiger partial charge < -0.3 is 0 Å². The van der Waals surface area contributed by atoms with Gasteiger partial charge in [0.1, 0.15) is 0 Å². The summed E-state index contributed by atoms with van der Waals surface area (Å²) in [6, 6.07) is 0. The van der Waals surface area contributed by atoms with E-state index in [-0.39, 0.29) is 3.23 Å². The van der Waals surface area contributed by atoms with Gasteiger partial charge >= 0.3 is 0 Å². The summed E-state index contributed by atoms with van der Waals surface area (Å²) in [6.45, 7) is 2.23. The highest BCUT2D eigenvalue weighted by molar-refractivity contribution is 9.26. The van der Waals surface area contributed by atoms with Crippen LogP contribution in [0.15, 0.2) is 0 Å². The molecule has 0 bridgehead atoms. The molecule has 0 amide bonds. The van der Waals surface area contributed by atoms with Crippen LogP contribution in [0.1, 0.15) is 32.6 Å². The van der Waals surface area contributed by atoms with Crippen molar-refractivity contribution in [2.24, 2.45) is 0 Å². The van der Waals surface area contributed by atoms with Crippen LogP contribution in [0.2, 0.25) is 0 Å². The molecule has 3 heteroatoms. The lowest BCUT2D eigenvalue weighted by atomic mass is 10.2. The molecule has 0 radical (unpaired) electrons. The highest BCUT2D eigenvalue weighted by atomic mass is 79.9. The highest BCUT2D eigenvalue weighted by Gasteiger charge is 2.62. The van der Waals surface area contributed by atoms with Crippen molar-refractivity contribution >= 4 is 47.8 Å². The van der Waals surface area contributed by atoms with Crippen molar-refractivity contribution < 1.29 is 0 Å². The van der Waals surface area contributed by atoms with Crippen LogP contribution in [0.3, 0.4) is 0 Å². The molecule has 1 aliphatic carbocycles. The summed E-state index contributed by atoms with van der Waals surface area (Å²) in [5, 5.41) is 0. The maximum atomic E-state index is 3.72. The molecule has 10 heavy (non-hydrogen) atoms. The van der Waals surface area contributed by atoms with Gasteiger partial charge in [0.25, 0.3) is 0 Å². The standard InChI is InChI=1S/C7H11Br3/c1-2-3-4-6(8)5-7(6,9)10/h2-5H2,1H3. The molecule has 1 unspecified atom stereocenters. The van der Waals surface area contributed by atoms with E-state index in [4.69, 9.17) is 0 Å². The number of halogens is 3. The quantitative estimate of drug-likeness (QED) is 0.679. The molecule has 0 spiro atoms. The zero-order valence-electron chi connectivity index (χ0n) is 5.96. The van der Waals surface area contributed by atoms with Crippen LogP contribution in [0, 0.1) is 0 Å². The van der Waals surface area contributed by atoms with Gasteiger partial charge in [0.05, 0.1) is 7.56 Å². The Morgan fingerprint density at radius 2 is 1.80 bits per heavy atom. The molecule has 1 fully saturated rings. The fraction of sp³-hybridized carbons (Fsp3) is 1.00. The molecule has 1 atom stereocenters. The molecule has 1 rings (SSSR count). The molecular formula is C7H11Br3. The summed E-state index contributed by atoms with van der Waals surface area (Å²) in [6.07, 6.45) is 5.05. The highest BCUT2D eigenvalue weighted by Crippen LogP contribution is 2.67. The molecule has 0 heterocycles. The molecule has 0 aromatic rings. The second-order valence-electron chi connectivity index (χ2n) is 2.95. The van der Waals surface area contributed by atoms with E-state index in [0.29, 0.717) is 4.32 Å². The first-order valence-electron chi connectivity index (χ1n) is 3.58. The summed E-state index contributed by atoms with van der Waals surface area (Å²) >= 11 is 10.9. The Morgan fingerprint density at radius 1 is 1.30 bits per heavy atom. The van der Waals surface area contributed by atoms with Gasteiger partial charge in [-0.2, -0.15) is 0 Å². The lowest BCUT2D eigenvalue weighted by molar-refractivity contribution is 0.692. The van der Waals surface area contributed by atoms with Crippen LogP contribution in [0.4, 0.5) is 0 Å². The van der Waals surface area contributed by atoms with E-state index < -0.39 is 0 Å². The maximum absolute atomic E-state index is 3.72. The summed E-state index contributed by atoms with van der Waals surface area (Å²) in [5.41, 5.74) is 0. The second-order valence-corrected chi connectivity index (χ2v) is 8.24. The first-order valence-corrected chi connectivity index (χ1v) is 5.96. The molecule has 0 nitrogen and oxygen atoms in total. The van der Waals surface area contributed by atoms with Gasteiger partial charge in [-0.25, -0.2) is 0 Å². The number of rotatable bonds is 3. The molecular weight excluding hydrogens is 324 g/mol. The fourth-order valence-corrected chi connectivity index (χ4v) is 3.84. The van der Waals surface area contributed by atoms with E-state index in [1.165, 1.54) is 25.7 Å². The normalized spacial score (nSPS) is 36.0. The van der Waals surface area contributed by atoms with Crippen LogP contribution in [-0.4, -0.2) is 7.56 Å². The minimum Gasteiger partial charge on any atom is -0.0828 e. The van der Waals surface area contributed by atoms with Crippen molar-refractivity contribution in [1.29, 1.82) is 0 Å². The van der Waals surface area contributed by atoms with Crippen LogP contribution in [0.25, 0.3) is 0 Å². The van der Waals surface area contributed by atoms with Crippen molar-refractivity contribution in [3.05, 3.63) is 0 Å². The Hall–Kier alpha value is 1.44. The van der Waals surface area contributed by atoms with Gasteiger partial charge in [-0.05, 0) is 12.8 Å². The van der Waals surface area contributed by atoms with Gasteiger partial charge in [-0.15, -0.1) is 0 Å². The topological polar surface area (TPSA) is 0 Å². The van der Waals surface area contributed by atoms with Crippen molar-refractivity contribution in [3.8, 4) is 0 Å². The second kappa shape index (κ2) is 3.06. The predicted octanol–water partition coefficient (Wildman–Crippen LogP) is 4.20. The average molecular weight is 335 g/mol. The molecule has 0 aliphatic heterocycles. The van der Waals surface area contributed by atoms with Crippen LogP contribution in [0.5, 0.6) is 0 Å². The zero-order chi connectivity index (χ0) is 7.83. The van der Waals surface area contributed by atoms with Gasteiger partial charge in [-0.3, -0.25) is 0 Å². The number of alkyl halides is 3. The third kappa shape index (κ3) is 1.78. The van der Waals surface area contributed by atoms with E-state index in [1.807, 2.05) is 0 Å². The number of unbranched alkanes of at least 4 members (excludes halogenated alkanes) is 1. The Labute approximate surface area is 87.5 Å². The van der Waals surface area contributed by atoms with Gasteiger partial charge in [0.2, 0.25) is 0 Å². The average Bonchev–Trinajstić information content (AvgIpc) is 2.29. The number of hydrogen-bond donors (Lipinski definition) is 0. The Kier molecular flexibility index (Phi) is 2.91. The summed E-state index contributed by atoms with van der Waals surface area (Å²) < 4.78 is 0.540. The largest absolute Gasteiger partial charge is 0.0972 e. The van der Waals surface area contributed by atoms with Crippen molar-refractivity contribution in [2.75, 3.05) is 0 Å². The lowest BCUT2D eigenvalue weighted by Gasteiger charge is -2.08. The maximum Gasteiger partial charge on any atom is 0.0972 e. The molecule has 0 saturated heterocycles. The SMILES string of the molecule is CCCCC1(Br)CC1(Br)Br. The first-order chi connectivity index (χ1) is 4.52. The van der Waals surface area contributed by atoms with Crippen molar-refractivity contribution in [2.45, 2.75) is 40.2 Å². The summed E-state index contributed by atoms with van der Waals surface area (Å²) in [4.78, 5) is 0. The smallest absolute Gasteiger partial charge is 0.0828 e. The van der Waals surface area contributed by atoms with E-state index in [0.717, 1.165) is 0 Å². The molecule has 0 aromatic carbocycles. The number of hydrogen-bond acceptors (Lipinski definition) is 0. The Morgan fingerprint density at radius 3 is 2.10 bits per heavy atom. The third-order valence-electron chi connectivity index (χ3n) is 1.96. The minimum atomic E-state index is 0.197. The molecule has 0 aromatic heterocycles. The fourth-order valence-electron chi connectivity index (χ4n) is 1.04. The first kappa shape index (κ1) is 9.53. The summed E-state index contributed by atoms with van der Waals surface area (Å²) in [7, 11) is 0. The minimum absolute atomic E-state index is 0.197. The van der Waals surface area contributed by atoms with Crippen LogP contribution >= 0.6 is 47.8 Å². The lowest BCUT2D eigenvalue weighted by Crippen LogP contribution is -2.05. The molecule has 1 aliphatic rings. The predicted molar refractivity (Wildman–Crippen MR) is 56.4 cm³/mol.